The third-order valence-electron chi connectivity index (χ3n) is 1.68. The Kier molecular flexibility index (Phi) is 5.31. The Labute approximate surface area is 82.2 Å². The van der Waals surface area contributed by atoms with Crippen molar-refractivity contribution < 1.29 is 20.1 Å². The first kappa shape index (κ1) is 12.7. The molecule has 0 aliphatic heterocycles. The Bertz CT molecular complexity index is 162. The molecular formula is C7H15NO4S. The Morgan fingerprint density at radius 3 is 2.00 bits per heavy atom. The van der Waals surface area contributed by atoms with E-state index in [2.05, 4.69) is 17.9 Å². The summed E-state index contributed by atoms with van der Waals surface area (Å²) in [6, 6.07) is 0. The highest BCUT2D eigenvalue weighted by atomic mass is 32.1. The van der Waals surface area contributed by atoms with Gasteiger partial charge in [-0.05, 0) is 6.92 Å². The molecule has 1 unspecified atom stereocenters. The maximum absolute atomic E-state index is 11.1. The van der Waals surface area contributed by atoms with E-state index in [4.69, 9.17) is 15.3 Å². The molecule has 0 rings (SSSR count). The molecule has 0 bridgehead atoms. The zero-order valence-electron chi connectivity index (χ0n) is 7.40. The smallest absolute Gasteiger partial charge is 0.233 e. The molecule has 4 N–H and O–H groups in total. The van der Waals surface area contributed by atoms with Crippen LogP contribution in [0.5, 0.6) is 0 Å². The van der Waals surface area contributed by atoms with Gasteiger partial charge in [-0.1, -0.05) is 0 Å². The summed E-state index contributed by atoms with van der Waals surface area (Å²) in [5.41, 5.74) is -1.35. The number of hydrogen-bond donors (Lipinski definition) is 5. The highest BCUT2D eigenvalue weighted by molar-refractivity contribution is 7.81. The fourth-order valence-electron chi connectivity index (χ4n) is 0.634. The lowest BCUT2D eigenvalue weighted by Crippen LogP contribution is -2.58. The van der Waals surface area contributed by atoms with Crippen molar-refractivity contribution in [2.24, 2.45) is 0 Å². The molecule has 1 atom stereocenters. The van der Waals surface area contributed by atoms with Crippen molar-refractivity contribution in [3.05, 3.63) is 0 Å². The van der Waals surface area contributed by atoms with Crippen molar-refractivity contribution in [1.82, 2.24) is 5.32 Å². The zero-order valence-corrected chi connectivity index (χ0v) is 8.29. The fourth-order valence-corrected chi connectivity index (χ4v) is 0.699. The largest absolute Gasteiger partial charge is 0.394 e. The molecule has 0 aromatic heterocycles. The highest BCUT2D eigenvalue weighted by Crippen LogP contribution is 2.03. The zero-order chi connectivity index (χ0) is 10.5. The molecule has 0 spiro atoms. The highest BCUT2D eigenvalue weighted by Gasteiger charge is 2.30. The van der Waals surface area contributed by atoms with E-state index >= 15 is 0 Å². The summed E-state index contributed by atoms with van der Waals surface area (Å²) in [5.74, 6) is -0.444. The lowest BCUT2D eigenvalue weighted by Gasteiger charge is -2.29. The molecule has 78 valence electrons. The SMILES string of the molecule is CC(S)C(=O)NC(CO)(CO)CO. The van der Waals surface area contributed by atoms with Crippen LogP contribution >= 0.6 is 12.6 Å². The van der Waals surface area contributed by atoms with E-state index in [1.54, 1.807) is 6.92 Å². The molecule has 0 saturated carbocycles. The van der Waals surface area contributed by atoms with Gasteiger partial charge in [0.25, 0.3) is 0 Å². The van der Waals surface area contributed by atoms with E-state index < -0.39 is 36.5 Å². The molecule has 13 heavy (non-hydrogen) atoms. The van der Waals surface area contributed by atoms with Crippen LogP contribution in [0.15, 0.2) is 0 Å². The number of aliphatic hydroxyl groups excluding tert-OH is 3. The first-order chi connectivity index (χ1) is 6.01. The maximum atomic E-state index is 11.1. The first-order valence-corrected chi connectivity index (χ1v) is 4.35. The van der Waals surface area contributed by atoms with E-state index in [-0.39, 0.29) is 0 Å². The standard InChI is InChI=1S/C7H15NO4S/c1-5(13)6(12)8-7(2-9,3-10)4-11/h5,9-11,13H,2-4H2,1H3,(H,8,12). The molecule has 5 nitrogen and oxygen atoms in total. The van der Waals surface area contributed by atoms with Crippen molar-refractivity contribution in [3.8, 4) is 0 Å². The molecule has 6 heteroatoms. The van der Waals surface area contributed by atoms with Crippen LogP contribution in [-0.2, 0) is 4.79 Å². The van der Waals surface area contributed by atoms with Crippen LogP contribution < -0.4 is 5.32 Å². The minimum Gasteiger partial charge on any atom is -0.394 e. The van der Waals surface area contributed by atoms with Gasteiger partial charge in [0.1, 0.15) is 5.54 Å². The van der Waals surface area contributed by atoms with Crippen LogP contribution in [0.2, 0.25) is 0 Å². The number of nitrogens with one attached hydrogen (secondary N) is 1. The molecule has 0 aliphatic carbocycles. The average molecular weight is 209 g/mol. The van der Waals surface area contributed by atoms with Gasteiger partial charge in [-0.3, -0.25) is 4.79 Å². The topological polar surface area (TPSA) is 89.8 Å². The number of carbonyl (C=O) groups excluding carboxylic acids is 1. The van der Waals surface area contributed by atoms with Crippen molar-refractivity contribution in [1.29, 1.82) is 0 Å². The van der Waals surface area contributed by atoms with Crippen LogP contribution in [0.4, 0.5) is 0 Å². The summed E-state index contributed by atoms with van der Waals surface area (Å²) in [7, 11) is 0. The minimum atomic E-state index is -1.35. The molecule has 0 aromatic rings. The van der Waals surface area contributed by atoms with Gasteiger partial charge >= 0.3 is 0 Å². The molecule has 0 aromatic carbocycles. The van der Waals surface area contributed by atoms with Crippen molar-refractivity contribution in [3.63, 3.8) is 0 Å². The maximum Gasteiger partial charge on any atom is 0.233 e. The quantitative estimate of drug-likeness (QED) is 0.343. The predicted molar refractivity (Wildman–Crippen MR) is 50.6 cm³/mol. The van der Waals surface area contributed by atoms with Gasteiger partial charge in [-0.25, -0.2) is 0 Å². The molecule has 1 amide bonds. The van der Waals surface area contributed by atoms with E-state index in [1.807, 2.05) is 0 Å². The van der Waals surface area contributed by atoms with Gasteiger partial charge in [0.05, 0.1) is 25.1 Å². The molecule has 0 fully saturated rings. The lowest BCUT2D eigenvalue weighted by atomic mass is 10.0. The van der Waals surface area contributed by atoms with E-state index in [0.29, 0.717) is 0 Å². The van der Waals surface area contributed by atoms with Crippen LogP contribution in [0.1, 0.15) is 6.92 Å². The summed E-state index contributed by atoms with van der Waals surface area (Å²) < 4.78 is 0. The van der Waals surface area contributed by atoms with Gasteiger partial charge < -0.3 is 20.6 Å². The summed E-state index contributed by atoms with van der Waals surface area (Å²) in [4.78, 5) is 11.1. The Balaban J connectivity index is 4.33. The van der Waals surface area contributed by atoms with E-state index in [0.717, 1.165) is 0 Å². The second-order valence-corrected chi connectivity index (χ2v) is 3.69. The second-order valence-electron chi connectivity index (χ2n) is 2.92. The molecule has 0 saturated heterocycles. The third-order valence-corrected chi connectivity index (χ3v) is 1.91. The molecule has 0 heterocycles. The van der Waals surface area contributed by atoms with Crippen molar-refractivity contribution >= 4 is 18.5 Å². The molecule has 0 radical (unpaired) electrons. The third kappa shape index (κ3) is 3.51. The molecular weight excluding hydrogens is 194 g/mol. The number of aliphatic hydroxyl groups is 3. The number of carbonyl (C=O) groups is 1. The Morgan fingerprint density at radius 2 is 1.77 bits per heavy atom. The second kappa shape index (κ2) is 5.43. The summed E-state index contributed by atoms with van der Waals surface area (Å²) >= 11 is 3.86. The predicted octanol–water partition coefficient (Wildman–Crippen LogP) is -1.86. The van der Waals surface area contributed by atoms with Gasteiger partial charge in [0.15, 0.2) is 0 Å². The van der Waals surface area contributed by atoms with E-state index in [9.17, 15) is 4.79 Å². The Hall–Kier alpha value is -0.300. The van der Waals surface area contributed by atoms with Crippen LogP contribution in [0.25, 0.3) is 0 Å². The molecule has 0 aliphatic rings. The van der Waals surface area contributed by atoms with E-state index in [1.165, 1.54) is 0 Å². The van der Waals surface area contributed by atoms with Crippen LogP contribution in [0.3, 0.4) is 0 Å². The lowest BCUT2D eigenvalue weighted by molar-refractivity contribution is -0.124. The minimum absolute atomic E-state index is 0.444. The fraction of sp³-hybridized carbons (Fsp3) is 0.857. The monoisotopic (exact) mass is 209 g/mol. The van der Waals surface area contributed by atoms with Gasteiger partial charge in [0.2, 0.25) is 5.91 Å². The van der Waals surface area contributed by atoms with Gasteiger partial charge in [-0.2, -0.15) is 12.6 Å². The number of amides is 1. The van der Waals surface area contributed by atoms with Crippen molar-refractivity contribution in [2.75, 3.05) is 19.8 Å². The first-order valence-electron chi connectivity index (χ1n) is 3.84. The average Bonchev–Trinajstić information content (AvgIpc) is 2.14. The normalized spacial score (nSPS) is 13.9. The van der Waals surface area contributed by atoms with Gasteiger partial charge in [0, 0.05) is 0 Å². The summed E-state index contributed by atoms with van der Waals surface area (Å²) in [5, 5.41) is 28.3. The summed E-state index contributed by atoms with van der Waals surface area (Å²) in [6.07, 6.45) is 0. The number of thiol groups is 1. The number of rotatable bonds is 5. The number of hydrogen-bond acceptors (Lipinski definition) is 5. The van der Waals surface area contributed by atoms with Crippen molar-refractivity contribution in [2.45, 2.75) is 17.7 Å². The Morgan fingerprint density at radius 1 is 1.38 bits per heavy atom. The summed E-state index contributed by atoms with van der Waals surface area (Å²) in [6.45, 7) is -0.0138. The van der Waals surface area contributed by atoms with Crippen LogP contribution in [-0.4, -0.2) is 51.8 Å². The van der Waals surface area contributed by atoms with Crippen LogP contribution in [0, 0.1) is 0 Å². The van der Waals surface area contributed by atoms with Gasteiger partial charge in [-0.15, -0.1) is 0 Å².